The van der Waals surface area contributed by atoms with E-state index in [1.807, 2.05) is 41.9 Å². The van der Waals surface area contributed by atoms with Crippen LogP contribution in [0.3, 0.4) is 0 Å². The maximum Gasteiger partial charge on any atom is 0.186 e. The van der Waals surface area contributed by atoms with Gasteiger partial charge in [-0.2, -0.15) is 15.9 Å². The van der Waals surface area contributed by atoms with E-state index in [1.165, 1.54) is 6.07 Å². The van der Waals surface area contributed by atoms with Gasteiger partial charge in [-0.1, -0.05) is 6.07 Å². The molecule has 1 aromatic carbocycles. The number of rotatable bonds is 5. The van der Waals surface area contributed by atoms with Crippen molar-refractivity contribution >= 4 is 22.8 Å². The number of halogens is 1. The summed E-state index contributed by atoms with van der Waals surface area (Å²) in [7, 11) is 0. The molecule has 3 heterocycles. The smallest absolute Gasteiger partial charge is 0.186 e. The third-order valence-electron chi connectivity index (χ3n) is 4.05. The number of hydrogen-bond acceptors (Lipinski definition) is 5. The maximum atomic E-state index is 13.2. The quantitative estimate of drug-likeness (QED) is 0.590. The Hall–Kier alpha value is -2.80. The molecule has 0 radical (unpaired) electrons. The second kappa shape index (κ2) is 6.60. The van der Waals surface area contributed by atoms with Crippen molar-refractivity contribution in [2.45, 2.75) is 13.3 Å². The van der Waals surface area contributed by atoms with E-state index in [0.29, 0.717) is 12.2 Å². The van der Waals surface area contributed by atoms with Gasteiger partial charge in [0.25, 0.3) is 0 Å². The molecular weight excluding hydrogens is 337 g/mol. The first-order valence-electron chi connectivity index (χ1n) is 7.94. The fourth-order valence-corrected chi connectivity index (χ4v) is 3.35. The van der Waals surface area contributed by atoms with E-state index < -0.39 is 0 Å². The van der Waals surface area contributed by atoms with Gasteiger partial charge in [-0.15, -0.1) is 15.3 Å². The first-order valence-corrected chi connectivity index (χ1v) is 8.89. The molecule has 0 bridgehead atoms. The van der Waals surface area contributed by atoms with E-state index in [2.05, 4.69) is 20.6 Å². The van der Waals surface area contributed by atoms with Crippen LogP contribution in [-0.2, 0) is 6.42 Å². The summed E-state index contributed by atoms with van der Waals surface area (Å²) in [6.07, 6.45) is 0.797. The first-order chi connectivity index (χ1) is 12.2. The molecule has 0 unspecified atom stereocenters. The third kappa shape index (κ3) is 3.23. The molecule has 0 fully saturated rings. The molecule has 0 saturated carbocycles. The highest BCUT2D eigenvalue weighted by molar-refractivity contribution is 7.08. The monoisotopic (exact) mass is 353 g/mol. The number of nitrogens with one attached hydrogen (secondary N) is 1. The Kier molecular flexibility index (Phi) is 4.15. The maximum absolute atomic E-state index is 13.2. The average Bonchev–Trinajstić information content (AvgIpc) is 3.25. The zero-order valence-electron chi connectivity index (χ0n) is 13.6. The number of aryl methyl sites for hydroxylation is 1. The Morgan fingerprint density at radius 3 is 2.88 bits per heavy atom. The van der Waals surface area contributed by atoms with Gasteiger partial charge < -0.3 is 5.32 Å². The Bertz CT molecular complexity index is 1010. The van der Waals surface area contributed by atoms with Gasteiger partial charge in [0.2, 0.25) is 0 Å². The van der Waals surface area contributed by atoms with Crippen molar-refractivity contribution in [3.63, 3.8) is 0 Å². The fraction of sp³-hybridized carbons (Fsp3) is 0.167. The zero-order chi connectivity index (χ0) is 17.2. The topological polar surface area (TPSA) is 55.1 Å². The molecule has 5 nitrogen and oxygen atoms in total. The molecule has 0 aliphatic heterocycles. The second-order valence-electron chi connectivity index (χ2n) is 5.77. The summed E-state index contributed by atoms with van der Waals surface area (Å²) in [6, 6.07) is 10.7. The molecule has 4 aromatic rings. The molecule has 1 N–H and O–H groups in total. The van der Waals surface area contributed by atoms with Crippen molar-refractivity contribution < 1.29 is 4.39 Å². The van der Waals surface area contributed by atoms with Crippen LogP contribution in [0.25, 0.3) is 17.0 Å². The van der Waals surface area contributed by atoms with Crippen LogP contribution in [-0.4, -0.2) is 26.4 Å². The minimum atomic E-state index is -0.199. The lowest BCUT2D eigenvalue weighted by molar-refractivity contribution is 0.625. The van der Waals surface area contributed by atoms with Crippen LogP contribution < -0.4 is 5.32 Å². The van der Waals surface area contributed by atoms with Crippen LogP contribution in [0.5, 0.6) is 0 Å². The van der Waals surface area contributed by atoms with Crippen molar-refractivity contribution in [2.75, 3.05) is 11.9 Å². The lowest BCUT2D eigenvalue weighted by atomic mass is 10.1. The normalized spacial score (nSPS) is 11.1. The van der Waals surface area contributed by atoms with Crippen molar-refractivity contribution in [1.29, 1.82) is 0 Å². The molecule has 4 rings (SSSR count). The van der Waals surface area contributed by atoms with E-state index in [9.17, 15) is 4.39 Å². The fourth-order valence-electron chi connectivity index (χ4n) is 2.72. The predicted octanol–water partition coefficient (Wildman–Crippen LogP) is 3.95. The number of hydrogen-bond donors (Lipinski definition) is 1. The van der Waals surface area contributed by atoms with Gasteiger partial charge in [-0.3, -0.25) is 0 Å². The molecule has 0 saturated heterocycles. The lowest BCUT2D eigenvalue weighted by Gasteiger charge is -2.08. The van der Waals surface area contributed by atoms with E-state index in [0.717, 1.165) is 34.8 Å². The predicted molar refractivity (Wildman–Crippen MR) is 97.4 cm³/mol. The number of benzene rings is 1. The van der Waals surface area contributed by atoms with Crippen LogP contribution in [0.1, 0.15) is 11.1 Å². The van der Waals surface area contributed by atoms with Crippen LogP contribution in [0.2, 0.25) is 0 Å². The summed E-state index contributed by atoms with van der Waals surface area (Å²) in [4.78, 5) is 0. The number of aromatic nitrogens is 4. The zero-order valence-corrected chi connectivity index (χ0v) is 14.4. The van der Waals surface area contributed by atoms with Gasteiger partial charge in [-0.25, -0.2) is 4.39 Å². The highest BCUT2D eigenvalue weighted by Gasteiger charge is 2.10. The van der Waals surface area contributed by atoms with E-state index >= 15 is 0 Å². The Balaban J connectivity index is 1.51. The van der Waals surface area contributed by atoms with Crippen molar-refractivity contribution in [3.05, 3.63) is 64.1 Å². The van der Waals surface area contributed by atoms with Crippen LogP contribution >= 0.6 is 11.3 Å². The summed E-state index contributed by atoms with van der Waals surface area (Å²) >= 11 is 1.61. The lowest BCUT2D eigenvalue weighted by Crippen LogP contribution is -2.09. The second-order valence-corrected chi connectivity index (χ2v) is 6.55. The Morgan fingerprint density at radius 1 is 1.16 bits per heavy atom. The third-order valence-corrected chi connectivity index (χ3v) is 4.73. The molecule has 0 spiro atoms. The van der Waals surface area contributed by atoms with Gasteiger partial charge in [-0.05, 0) is 60.2 Å². The van der Waals surface area contributed by atoms with Gasteiger partial charge >= 0.3 is 0 Å². The van der Waals surface area contributed by atoms with Crippen LogP contribution in [0.15, 0.2) is 47.2 Å². The highest BCUT2D eigenvalue weighted by atomic mass is 32.1. The Labute approximate surface area is 148 Å². The SMILES string of the molecule is Cc1cc(F)ccc1CCNc1ccc2nnc(-c3ccsc3)n2n1. The van der Waals surface area contributed by atoms with E-state index in [-0.39, 0.29) is 5.82 Å². The number of fused-ring (bicyclic) bond motifs is 1. The van der Waals surface area contributed by atoms with Crippen molar-refractivity contribution in [3.8, 4) is 11.4 Å². The summed E-state index contributed by atoms with van der Waals surface area (Å²) < 4.78 is 14.9. The molecule has 0 amide bonds. The Morgan fingerprint density at radius 2 is 2.08 bits per heavy atom. The average molecular weight is 353 g/mol. The minimum absolute atomic E-state index is 0.199. The van der Waals surface area contributed by atoms with Crippen molar-refractivity contribution in [2.24, 2.45) is 0 Å². The van der Waals surface area contributed by atoms with Gasteiger partial charge in [0.05, 0.1) is 0 Å². The van der Waals surface area contributed by atoms with Crippen LogP contribution in [0.4, 0.5) is 10.2 Å². The number of thiophene rings is 1. The number of anilines is 1. The number of nitrogens with zero attached hydrogens (tertiary/aromatic N) is 4. The van der Waals surface area contributed by atoms with Gasteiger partial charge in [0.15, 0.2) is 11.5 Å². The van der Waals surface area contributed by atoms with Gasteiger partial charge in [0.1, 0.15) is 11.6 Å². The van der Waals surface area contributed by atoms with E-state index in [1.54, 1.807) is 21.9 Å². The minimum Gasteiger partial charge on any atom is -0.368 e. The molecule has 3 aromatic heterocycles. The molecule has 0 aliphatic rings. The first kappa shape index (κ1) is 15.7. The summed E-state index contributed by atoms with van der Waals surface area (Å²) in [6.45, 7) is 2.63. The highest BCUT2D eigenvalue weighted by Crippen LogP contribution is 2.21. The molecule has 126 valence electrons. The molecule has 0 aliphatic carbocycles. The summed E-state index contributed by atoms with van der Waals surface area (Å²) in [5, 5.41) is 20.3. The molecule has 25 heavy (non-hydrogen) atoms. The van der Waals surface area contributed by atoms with Crippen molar-refractivity contribution in [1.82, 2.24) is 19.8 Å². The molecule has 0 atom stereocenters. The summed E-state index contributed by atoms with van der Waals surface area (Å²) in [5.74, 6) is 1.28. The standard InChI is InChI=1S/C18H16FN5S/c1-12-10-15(19)3-2-13(12)6-8-20-16-4-5-17-21-22-18(24(17)23-16)14-7-9-25-11-14/h2-5,7,9-11H,6,8H2,1H3,(H,20,23). The van der Waals surface area contributed by atoms with Crippen LogP contribution in [0, 0.1) is 12.7 Å². The van der Waals surface area contributed by atoms with E-state index in [4.69, 9.17) is 0 Å². The molecule has 7 heteroatoms. The largest absolute Gasteiger partial charge is 0.368 e. The molecular formula is C18H16FN5S. The summed E-state index contributed by atoms with van der Waals surface area (Å²) in [5.41, 5.74) is 3.80. The van der Waals surface area contributed by atoms with Gasteiger partial charge in [0, 0.05) is 17.5 Å².